The minimum absolute atomic E-state index is 0.0262. The minimum atomic E-state index is -1.09. The summed E-state index contributed by atoms with van der Waals surface area (Å²) < 4.78 is 21.4. The third-order valence-corrected chi connectivity index (χ3v) is 3.64. The van der Waals surface area contributed by atoms with Crippen molar-refractivity contribution in [3.05, 3.63) is 59.0 Å². The number of hydrogen-bond donors (Lipinski definition) is 1. The van der Waals surface area contributed by atoms with Gasteiger partial charge in [0, 0.05) is 12.1 Å². The lowest BCUT2D eigenvalue weighted by molar-refractivity contribution is -0.144. The van der Waals surface area contributed by atoms with Crippen molar-refractivity contribution in [2.24, 2.45) is 0 Å². The fourth-order valence-corrected chi connectivity index (χ4v) is 2.28. The van der Waals surface area contributed by atoms with Gasteiger partial charge < -0.3 is 23.7 Å². The Hall–Kier alpha value is -3.48. The van der Waals surface area contributed by atoms with Crippen LogP contribution in [0.2, 0.25) is 0 Å². The van der Waals surface area contributed by atoms with E-state index in [1.54, 1.807) is 24.3 Å². The molecule has 0 radical (unpaired) electrons. The highest BCUT2D eigenvalue weighted by Gasteiger charge is 2.15. The number of carboxylic acids is 1. The van der Waals surface area contributed by atoms with Crippen molar-refractivity contribution in [1.82, 2.24) is 0 Å². The van der Waals surface area contributed by atoms with Crippen molar-refractivity contribution >= 4 is 16.9 Å². The quantitative estimate of drug-likeness (QED) is 0.723. The summed E-state index contributed by atoms with van der Waals surface area (Å²) in [5, 5.41) is 9.18. The van der Waals surface area contributed by atoms with Gasteiger partial charge >= 0.3 is 5.97 Å². The van der Waals surface area contributed by atoms with Crippen LogP contribution in [0, 0.1) is 0 Å². The summed E-state index contributed by atoms with van der Waals surface area (Å²) in [7, 11) is 1.54. The highest BCUT2D eigenvalue weighted by molar-refractivity contribution is 5.79. The Bertz CT molecular complexity index is 1010. The Morgan fingerprint density at radius 2 is 1.88 bits per heavy atom. The van der Waals surface area contributed by atoms with Crippen molar-refractivity contribution in [2.45, 2.75) is 13.0 Å². The van der Waals surface area contributed by atoms with Crippen molar-refractivity contribution in [3.8, 4) is 23.0 Å². The summed E-state index contributed by atoms with van der Waals surface area (Å²) in [5.74, 6) is 0.261. The van der Waals surface area contributed by atoms with Gasteiger partial charge in [0.05, 0.1) is 12.5 Å². The number of benzene rings is 2. The molecule has 0 aliphatic rings. The number of methoxy groups -OCH3 is 1. The van der Waals surface area contributed by atoms with Crippen LogP contribution in [-0.2, 0) is 4.79 Å². The van der Waals surface area contributed by atoms with Crippen LogP contribution in [0.4, 0.5) is 0 Å². The van der Waals surface area contributed by atoms with E-state index < -0.39 is 12.1 Å². The molecule has 7 nitrogen and oxygen atoms in total. The smallest absolute Gasteiger partial charge is 0.344 e. The molecule has 1 atom stereocenters. The van der Waals surface area contributed by atoms with E-state index in [-0.39, 0.29) is 22.5 Å². The zero-order valence-corrected chi connectivity index (χ0v) is 14.1. The van der Waals surface area contributed by atoms with Gasteiger partial charge in [0.25, 0.3) is 0 Å². The maximum atomic E-state index is 12.6. The van der Waals surface area contributed by atoms with E-state index in [1.807, 2.05) is 0 Å². The molecule has 7 heteroatoms. The average Bonchev–Trinajstić information content (AvgIpc) is 2.64. The molecule has 0 fully saturated rings. The standard InChI is InChI=1S/C19H16O7/c1-11(19(21)22)25-14-6-7-15-16(9-14)24-10-17(18(15)20)26-13-5-3-4-12(8-13)23-2/h3-11H,1-2H3,(H,21,22). The van der Waals surface area contributed by atoms with Crippen molar-refractivity contribution in [2.75, 3.05) is 7.11 Å². The first-order chi connectivity index (χ1) is 12.5. The van der Waals surface area contributed by atoms with E-state index in [0.717, 1.165) is 0 Å². The van der Waals surface area contributed by atoms with Gasteiger partial charge in [0.2, 0.25) is 11.2 Å². The molecule has 26 heavy (non-hydrogen) atoms. The Kier molecular flexibility index (Phi) is 4.79. The molecule has 134 valence electrons. The second-order valence-corrected chi connectivity index (χ2v) is 5.47. The lowest BCUT2D eigenvalue weighted by Crippen LogP contribution is -2.22. The largest absolute Gasteiger partial charge is 0.497 e. The molecular weight excluding hydrogens is 340 g/mol. The van der Waals surface area contributed by atoms with E-state index in [2.05, 4.69) is 0 Å². The maximum absolute atomic E-state index is 12.6. The molecule has 1 heterocycles. The summed E-state index contributed by atoms with van der Waals surface area (Å²) in [5.41, 5.74) is -0.0880. The predicted octanol–water partition coefficient (Wildman–Crippen LogP) is 3.45. The fraction of sp³-hybridized carbons (Fsp3) is 0.158. The van der Waals surface area contributed by atoms with Crippen LogP contribution >= 0.6 is 0 Å². The molecule has 0 bridgehead atoms. The first kappa shape index (κ1) is 17.3. The fourth-order valence-electron chi connectivity index (χ4n) is 2.28. The number of fused-ring (bicyclic) bond motifs is 1. The van der Waals surface area contributed by atoms with E-state index in [1.165, 1.54) is 38.5 Å². The average molecular weight is 356 g/mol. The molecule has 0 saturated carbocycles. The molecule has 0 aliphatic heterocycles. The van der Waals surface area contributed by atoms with Gasteiger partial charge in [-0.1, -0.05) is 6.07 Å². The van der Waals surface area contributed by atoms with Gasteiger partial charge in [0.15, 0.2) is 6.10 Å². The lowest BCUT2D eigenvalue weighted by atomic mass is 10.2. The molecule has 0 aliphatic carbocycles. The number of rotatable bonds is 6. The monoisotopic (exact) mass is 356 g/mol. The molecule has 0 amide bonds. The van der Waals surface area contributed by atoms with Crippen LogP contribution in [0.5, 0.6) is 23.0 Å². The number of ether oxygens (including phenoxy) is 3. The highest BCUT2D eigenvalue weighted by atomic mass is 16.5. The summed E-state index contributed by atoms with van der Waals surface area (Å²) in [4.78, 5) is 23.4. The molecule has 0 saturated heterocycles. The van der Waals surface area contributed by atoms with Crippen molar-refractivity contribution in [1.29, 1.82) is 0 Å². The number of carbonyl (C=O) groups is 1. The van der Waals surface area contributed by atoms with Gasteiger partial charge in [0.1, 0.15) is 29.1 Å². The van der Waals surface area contributed by atoms with E-state index in [0.29, 0.717) is 16.9 Å². The molecule has 3 aromatic rings. The lowest BCUT2D eigenvalue weighted by Gasteiger charge is -2.11. The van der Waals surface area contributed by atoms with Crippen molar-refractivity contribution in [3.63, 3.8) is 0 Å². The summed E-state index contributed by atoms with van der Waals surface area (Å²) in [6, 6.07) is 11.3. The first-order valence-corrected chi connectivity index (χ1v) is 7.75. The van der Waals surface area contributed by atoms with Gasteiger partial charge in [-0.2, -0.15) is 0 Å². The topological polar surface area (TPSA) is 95.2 Å². The molecule has 0 spiro atoms. The van der Waals surface area contributed by atoms with Gasteiger partial charge in [-0.25, -0.2) is 4.79 Å². The maximum Gasteiger partial charge on any atom is 0.344 e. The molecule has 1 N–H and O–H groups in total. The predicted molar refractivity (Wildman–Crippen MR) is 93.3 cm³/mol. The van der Waals surface area contributed by atoms with Crippen LogP contribution in [-0.4, -0.2) is 24.3 Å². The molecular formula is C19H16O7. The second kappa shape index (κ2) is 7.18. The van der Waals surface area contributed by atoms with Gasteiger partial charge in [-0.15, -0.1) is 0 Å². The van der Waals surface area contributed by atoms with E-state index in [4.69, 9.17) is 23.7 Å². The van der Waals surface area contributed by atoms with Crippen LogP contribution in [0.3, 0.4) is 0 Å². The van der Waals surface area contributed by atoms with E-state index >= 15 is 0 Å². The van der Waals surface area contributed by atoms with E-state index in [9.17, 15) is 9.59 Å². The third-order valence-electron chi connectivity index (χ3n) is 3.64. The molecule has 3 rings (SSSR count). The summed E-state index contributed by atoms with van der Waals surface area (Å²) >= 11 is 0. The molecule has 2 aromatic carbocycles. The van der Waals surface area contributed by atoms with Crippen LogP contribution in [0.1, 0.15) is 6.92 Å². The number of aliphatic carboxylic acids is 1. The Morgan fingerprint density at radius 1 is 1.12 bits per heavy atom. The molecule has 1 aromatic heterocycles. The second-order valence-electron chi connectivity index (χ2n) is 5.47. The molecule has 1 unspecified atom stereocenters. The number of carboxylic acid groups (broad SMARTS) is 1. The first-order valence-electron chi connectivity index (χ1n) is 7.75. The minimum Gasteiger partial charge on any atom is -0.497 e. The SMILES string of the molecule is COc1cccc(Oc2coc3cc(OC(C)C(=O)O)ccc3c2=O)c1. The van der Waals surface area contributed by atoms with Gasteiger partial charge in [-0.05, 0) is 31.2 Å². The third kappa shape index (κ3) is 3.61. The van der Waals surface area contributed by atoms with Gasteiger partial charge in [-0.3, -0.25) is 4.79 Å². The van der Waals surface area contributed by atoms with Crippen LogP contribution in [0.15, 0.2) is 57.9 Å². The Balaban J connectivity index is 1.91. The summed E-state index contributed by atoms with van der Waals surface area (Å²) in [6.07, 6.45) is 0.184. The van der Waals surface area contributed by atoms with Crippen LogP contribution in [0.25, 0.3) is 11.0 Å². The van der Waals surface area contributed by atoms with Crippen LogP contribution < -0.4 is 19.6 Å². The van der Waals surface area contributed by atoms with Crippen molar-refractivity contribution < 1.29 is 28.5 Å². The Labute approximate surface area is 148 Å². The number of hydrogen-bond acceptors (Lipinski definition) is 6. The zero-order chi connectivity index (χ0) is 18.7. The highest BCUT2D eigenvalue weighted by Crippen LogP contribution is 2.26. The Morgan fingerprint density at radius 3 is 2.62 bits per heavy atom. The zero-order valence-electron chi connectivity index (χ0n) is 14.1. The summed E-state index contributed by atoms with van der Waals surface area (Å²) in [6.45, 7) is 1.41. The normalized spacial score (nSPS) is 11.8.